The van der Waals surface area contributed by atoms with Gasteiger partial charge in [0.2, 0.25) is 0 Å². The first kappa shape index (κ1) is 27.3. The minimum absolute atomic E-state index is 0.00465. The number of benzene rings is 2. The highest BCUT2D eigenvalue weighted by Gasteiger charge is 2.15. The summed E-state index contributed by atoms with van der Waals surface area (Å²) in [5.41, 5.74) is 1.73. The molecule has 2 aromatic rings. The number of nitrogens with zero attached hydrogens (tertiary/aromatic N) is 1. The maximum atomic E-state index is 12.9. The molecule has 0 radical (unpaired) electrons. The van der Waals surface area contributed by atoms with Crippen molar-refractivity contribution >= 4 is 34.8 Å². The van der Waals surface area contributed by atoms with E-state index in [2.05, 4.69) is 31.4 Å². The molecule has 0 aliphatic heterocycles. The fraction of sp³-hybridized carbons (Fsp3) is 0.444. The summed E-state index contributed by atoms with van der Waals surface area (Å²) in [6, 6.07) is 14.2. The zero-order valence-electron chi connectivity index (χ0n) is 20.6. The van der Waals surface area contributed by atoms with Crippen molar-refractivity contribution in [1.82, 2.24) is 10.2 Å². The lowest BCUT2D eigenvalue weighted by molar-refractivity contribution is 0.0755. The van der Waals surface area contributed by atoms with Crippen LogP contribution in [0.25, 0.3) is 0 Å². The van der Waals surface area contributed by atoms with E-state index in [-0.39, 0.29) is 16.9 Å². The largest absolute Gasteiger partial charge is 0.494 e. The first-order valence-corrected chi connectivity index (χ1v) is 12.6. The van der Waals surface area contributed by atoms with Crippen molar-refractivity contribution in [3.05, 3.63) is 59.7 Å². The Hall–Kier alpha value is -2.93. The van der Waals surface area contributed by atoms with Crippen molar-refractivity contribution < 1.29 is 14.3 Å². The minimum atomic E-state index is -0.309. The third kappa shape index (κ3) is 9.14. The first-order chi connectivity index (χ1) is 16.5. The number of thiocarbonyl (C=S) groups is 1. The predicted octanol–water partition coefficient (Wildman–Crippen LogP) is 6.03. The lowest BCUT2D eigenvalue weighted by atomic mass is 10.1. The molecule has 34 heavy (non-hydrogen) atoms. The van der Waals surface area contributed by atoms with Gasteiger partial charge in [-0.3, -0.25) is 14.9 Å². The van der Waals surface area contributed by atoms with Crippen LogP contribution in [0.3, 0.4) is 0 Å². The van der Waals surface area contributed by atoms with Gasteiger partial charge in [-0.1, -0.05) is 46.1 Å². The van der Waals surface area contributed by atoms with E-state index in [1.807, 2.05) is 11.0 Å². The third-order valence-corrected chi connectivity index (χ3v) is 5.46. The van der Waals surface area contributed by atoms with Gasteiger partial charge < -0.3 is 15.0 Å². The number of carbonyl (C=O) groups excluding carboxylic acids is 2. The van der Waals surface area contributed by atoms with Crippen molar-refractivity contribution in [3.8, 4) is 5.75 Å². The second-order valence-corrected chi connectivity index (χ2v) is 8.62. The summed E-state index contributed by atoms with van der Waals surface area (Å²) in [4.78, 5) is 27.3. The fourth-order valence-electron chi connectivity index (χ4n) is 3.53. The molecule has 0 bridgehead atoms. The SMILES string of the molecule is CCCCCCOc1ccc(C(=O)NC(=S)Nc2cccc(C(=O)N(CCC)CCC)c2)cc1. The van der Waals surface area contributed by atoms with Gasteiger partial charge in [-0.25, -0.2) is 0 Å². The van der Waals surface area contributed by atoms with Crippen LogP contribution in [0.5, 0.6) is 5.75 Å². The van der Waals surface area contributed by atoms with Crippen LogP contribution < -0.4 is 15.4 Å². The number of hydrogen-bond acceptors (Lipinski definition) is 4. The fourth-order valence-corrected chi connectivity index (χ4v) is 3.74. The van der Waals surface area contributed by atoms with Crippen molar-refractivity contribution in [2.45, 2.75) is 59.3 Å². The molecule has 0 aliphatic rings. The number of unbranched alkanes of at least 4 members (excludes halogenated alkanes) is 3. The Morgan fingerprint density at radius 1 is 0.882 bits per heavy atom. The predicted molar refractivity (Wildman–Crippen MR) is 143 cm³/mol. The summed E-state index contributed by atoms with van der Waals surface area (Å²) < 4.78 is 5.72. The molecule has 0 fully saturated rings. The average Bonchev–Trinajstić information content (AvgIpc) is 2.83. The molecule has 7 heteroatoms. The lowest BCUT2D eigenvalue weighted by Crippen LogP contribution is -2.34. The molecule has 0 aromatic heterocycles. The Morgan fingerprint density at radius 3 is 2.24 bits per heavy atom. The number of anilines is 1. The number of carbonyl (C=O) groups is 2. The maximum absolute atomic E-state index is 12.9. The Bertz CT molecular complexity index is 925. The standard InChI is InChI=1S/C27H37N3O3S/c1-4-7-8-9-19-33-24-15-13-21(14-16-24)25(31)29-27(34)28-23-12-10-11-22(20-23)26(32)30(17-5-2)18-6-3/h10-16,20H,4-9,17-19H2,1-3H3,(H2,28,29,31,34). The Kier molecular flexibility index (Phi) is 12.1. The highest BCUT2D eigenvalue weighted by Crippen LogP contribution is 2.15. The summed E-state index contributed by atoms with van der Waals surface area (Å²) in [6.07, 6.45) is 6.41. The van der Waals surface area contributed by atoms with E-state index in [1.54, 1.807) is 42.5 Å². The van der Waals surface area contributed by atoms with E-state index < -0.39 is 0 Å². The topological polar surface area (TPSA) is 70.7 Å². The maximum Gasteiger partial charge on any atom is 0.257 e. The number of rotatable bonds is 13. The molecule has 0 unspecified atom stereocenters. The molecule has 0 saturated heterocycles. The molecule has 0 atom stereocenters. The van der Waals surface area contributed by atoms with Crippen molar-refractivity contribution in [3.63, 3.8) is 0 Å². The monoisotopic (exact) mass is 483 g/mol. The Labute approximate surface area is 209 Å². The highest BCUT2D eigenvalue weighted by molar-refractivity contribution is 7.80. The van der Waals surface area contributed by atoms with E-state index in [4.69, 9.17) is 17.0 Å². The lowest BCUT2D eigenvalue weighted by Gasteiger charge is -2.21. The van der Waals surface area contributed by atoms with Gasteiger partial charge in [0.25, 0.3) is 11.8 Å². The van der Waals surface area contributed by atoms with Crippen LogP contribution in [0.2, 0.25) is 0 Å². The number of amides is 2. The van der Waals surface area contributed by atoms with Gasteiger partial charge in [-0.2, -0.15) is 0 Å². The van der Waals surface area contributed by atoms with Crippen molar-refractivity contribution in [2.75, 3.05) is 25.0 Å². The van der Waals surface area contributed by atoms with Crippen LogP contribution in [-0.4, -0.2) is 41.5 Å². The Morgan fingerprint density at radius 2 is 1.59 bits per heavy atom. The molecular formula is C27H37N3O3S. The van der Waals surface area contributed by atoms with E-state index in [0.717, 1.165) is 44.5 Å². The van der Waals surface area contributed by atoms with Crippen LogP contribution in [0.1, 0.15) is 80.0 Å². The first-order valence-electron chi connectivity index (χ1n) is 12.2. The summed E-state index contributed by atoms with van der Waals surface area (Å²) in [5, 5.41) is 5.86. The Balaban J connectivity index is 1.90. The summed E-state index contributed by atoms with van der Waals surface area (Å²) >= 11 is 5.31. The van der Waals surface area contributed by atoms with E-state index in [9.17, 15) is 9.59 Å². The van der Waals surface area contributed by atoms with Gasteiger partial charge in [0.15, 0.2) is 5.11 Å². The molecule has 2 rings (SSSR count). The van der Waals surface area contributed by atoms with Crippen LogP contribution in [-0.2, 0) is 0 Å². The van der Waals surface area contributed by atoms with Gasteiger partial charge in [0.1, 0.15) is 5.75 Å². The van der Waals surface area contributed by atoms with Crippen LogP contribution >= 0.6 is 12.2 Å². The van der Waals surface area contributed by atoms with Crippen LogP contribution in [0, 0.1) is 0 Å². The molecular weight excluding hydrogens is 446 g/mol. The normalized spacial score (nSPS) is 10.4. The van der Waals surface area contributed by atoms with Crippen LogP contribution in [0.4, 0.5) is 5.69 Å². The molecule has 0 saturated carbocycles. The molecule has 2 amide bonds. The summed E-state index contributed by atoms with van der Waals surface area (Å²) in [7, 11) is 0. The molecule has 184 valence electrons. The quantitative estimate of drug-likeness (QED) is 0.269. The van der Waals surface area contributed by atoms with Gasteiger partial charge in [0, 0.05) is 29.9 Å². The molecule has 0 spiro atoms. The van der Waals surface area contributed by atoms with Crippen molar-refractivity contribution in [1.29, 1.82) is 0 Å². The summed E-state index contributed by atoms with van der Waals surface area (Å²) in [5.74, 6) is 0.432. The smallest absolute Gasteiger partial charge is 0.257 e. The van der Waals surface area contributed by atoms with Gasteiger partial charge in [-0.15, -0.1) is 0 Å². The summed E-state index contributed by atoms with van der Waals surface area (Å²) in [6.45, 7) is 8.42. The average molecular weight is 484 g/mol. The molecule has 2 N–H and O–H groups in total. The number of ether oxygens (including phenoxy) is 1. The number of nitrogens with one attached hydrogen (secondary N) is 2. The van der Waals surface area contributed by atoms with E-state index in [0.29, 0.717) is 23.4 Å². The molecule has 0 aliphatic carbocycles. The number of hydrogen-bond donors (Lipinski definition) is 2. The van der Waals surface area contributed by atoms with Gasteiger partial charge >= 0.3 is 0 Å². The van der Waals surface area contributed by atoms with Crippen molar-refractivity contribution in [2.24, 2.45) is 0 Å². The van der Waals surface area contributed by atoms with Gasteiger partial charge in [0.05, 0.1) is 6.61 Å². The third-order valence-electron chi connectivity index (χ3n) is 5.25. The molecule has 2 aromatic carbocycles. The zero-order chi connectivity index (χ0) is 24.8. The van der Waals surface area contributed by atoms with Gasteiger partial charge in [-0.05, 0) is 73.9 Å². The second kappa shape index (κ2) is 15.1. The second-order valence-electron chi connectivity index (χ2n) is 8.21. The van der Waals surface area contributed by atoms with E-state index >= 15 is 0 Å². The highest BCUT2D eigenvalue weighted by atomic mass is 32.1. The zero-order valence-corrected chi connectivity index (χ0v) is 21.4. The van der Waals surface area contributed by atoms with E-state index in [1.165, 1.54) is 12.8 Å². The molecule has 0 heterocycles. The van der Waals surface area contributed by atoms with Crippen LogP contribution in [0.15, 0.2) is 48.5 Å². The minimum Gasteiger partial charge on any atom is -0.494 e. The molecule has 6 nitrogen and oxygen atoms in total.